The highest BCUT2D eigenvalue weighted by Crippen LogP contribution is 2.50. The number of allylic oxidation sites excluding steroid dienone is 1. The maximum absolute atomic E-state index is 14.7. The molecular formula is C121H157BrF5IO20. The van der Waals surface area contributed by atoms with Crippen molar-refractivity contribution in [1.29, 1.82) is 0 Å². The standard InChI is InChI=1S/C25H31FO4.C25H29FO4.C25H29FO3.C18H25FO4.C14H12BrFO2.C11H18O3.3CH4.HI/c2*1-18-14-22(26)21(16-23(18)28-17-20-6-4-3-5-7-20)15-19(2)24(27)8-10-25(11-9-24)29-12-13-30-25;1-18(21-8-10-25(11-9-21)28-12-13-29-25)14-22-16-24(19(2)15-23(22)26)27-17-20-6-4-3-5-7-20;1-12-9-15(19)14(11-16(12)20)10-13(2)17(21)3-5-18(6-4-17)22-7-8-23-18;1-17-13-8-12(16)11(15)7-14(13)18-9-10-5-3-2-4-6-10;1-9(2)10(12)3-5-11(6-4-10)13-7-8-14-11;;;;/h3-7,14,16,19,27H,8-13,15,17H2,1-2H3;3-7,14-16,27H,8-13,17H2,1-2H3;3-8,15-16,18H,9-14,17H2,1-2H3;9,11,13,20-21H,3-8,10H2,1-2H3;2-8H,9H2,1H3;12H,1,3-8H2,2H3;3*1H4;1H/b;19-15+;;;;;;;;. The van der Waals surface area contributed by atoms with Crippen LogP contribution in [0.2, 0.25) is 0 Å². The molecule has 0 aromatic heterocycles. The van der Waals surface area contributed by atoms with Crippen LogP contribution in [-0.2, 0) is 93.1 Å². The zero-order chi connectivity index (χ0) is 103. The molecule has 5 heterocycles. The van der Waals surface area contributed by atoms with Crippen molar-refractivity contribution in [3.8, 4) is 34.5 Å². The Labute approximate surface area is 899 Å². The van der Waals surface area contributed by atoms with Crippen LogP contribution in [0.15, 0.2) is 216 Å². The van der Waals surface area contributed by atoms with Gasteiger partial charge in [0.25, 0.3) is 0 Å². The fourth-order valence-electron chi connectivity index (χ4n) is 20.6. The van der Waals surface area contributed by atoms with Gasteiger partial charge >= 0.3 is 0 Å². The van der Waals surface area contributed by atoms with Gasteiger partial charge < -0.3 is 96.6 Å². The van der Waals surface area contributed by atoms with Crippen molar-refractivity contribution in [3.05, 3.63) is 312 Å². The zero-order valence-electron chi connectivity index (χ0n) is 85.4. The van der Waals surface area contributed by atoms with Gasteiger partial charge in [0.05, 0.1) is 100 Å². The van der Waals surface area contributed by atoms with Crippen LogP contribution in [0.5, 0.6) is 34.5 Å². The summed E-state index contributed by atoms with van der Waals surface area (Å²) in [7, 11) is 1.48. The van der Waals surface area contributed by atoms with Crippen molar-refractivity contribution in [2.75, 3.05) is 73.2 Å². The summed E-state index contributed by atoms with van der Waals surface area (Å²) in [4.78, 5) is 0. The van der Waals surface area contributed by atoms with Crippen LogP contribution >= 0.6 is 39.9 Å². The number of phenolic OH excluding ortho intramolecular Hbond substituents is 1. The Bertz CT molecular complexity index is 5730. The number of aromatic hydroxyl groups is 1. The summed E-state index contributed by atoms with van der Waals surface area (Å²) < 4.78 is 158. The minimum Gasteiger partial charge on any atom is -0.508 e. The number of ether oxygens (including phenoxy) is 15. The van der Waals surface area contributed by atoms with E-state index in [-0.39, 0.29) is 105 Å². The summed E-state index contributed by atoms with van der Waals surface area (Å²) in [5.41, 5.74) is 8.86. The zero-order valence-corrected chi connectivity index (χ0v) is 89.3. The number of benzene rings is 9. The van der Waals surface area contributed by atoms with Gasteiger partial charge in [-0.05, 0) is 273 Å². The molecule has 810 valence electrons. The van der Waals surface area contributed by atoms with Gasteiger partial charge in [0.15, 0.2) is 40.4 Å². The van der Waals surface area contributed by atoms with Gasteiger partial charge in [-0.2, -0.15) is 0 Å². The van der Waals surface area contributed by atoms with Crippen molar-refractivity contribution >= 4 is 46.0 Å². The lowest BCUT2D eigenvalue weighted by molar-refractivity contribution is -0.209. The molecule has 19 rings (SSSR count). The second-order valence-electron chi connectivity index (χ2n) is 40.5. The Morgan fingerprint density at radius 2 is 0.696 bits per heavy atom. The summed E-state index contributed by atoms with van der Waals surface area (Å²) in [5, 5.41) is 53.4. The molecule has 148 heavy (non-hydrogen) atoms. The van der Waals surface area contributed by atoms with Gasteiger partial charge in [-0.15, -0.1) is 24.0 Å². The van der Waals surface area contributed by atoms with Crippen LogP contribution in [0.25, 0.3) is 6.08 Å². The van der Waals surface area contributed by atoms with Gasteiger partial charge in [-0.1, -0.05) is 189 Å². The fraction of sp³-hybridized carbons (Fsp3) is 0.504. The summed E-state index contributed by atoms with van der Waals surface area (Å²) >= 11 is 3.13. The predicted molar refractivity (Wildman–Crippen MR) is 581 cm³/mol. The molecule has 5 N–H and O–H groups in total. The monoisotopic (exact) mass is 2230 g/mol. The van der Waals surface area contributed by atoms with Crippen molar-refractivity contribution in [3.63, 3.8) is 0 Å². The number of phenols is 1. The number of aliphatic hydroxyl groups is 4. The third-order valence-corrected chi connectivity index (χ3v) is 31.0. The smallest absolute Gasteiger partial charge is 0.172 e. The van der Waals surface area contributed by atoms with Gasteiger partial charge in [-0.25, -0.2) is 22.0 Å². The van der Waals surface area contributed by atoms with Gasteiger partial charge in [0.1, 0.15) is 78.5 Å². The lowest BCUT2D eigenvalue weighted by Crippen LogP contribution is -2.47. The molecule has 20 nitrogen and oxygen atoms in total. The quantitative estimate of drug-likeness (QED) is 0.0203. The molecule has 9 fully saturated rings. The molecule has 3 unspecified atom stereocenters. The molecule has 0 radical (unpaired) electrons. The van der Waals surface area contributed by atoms with E-state index in [9.17, 15) is 47.5 Å². The number of hydrogen-bond donors (Lipinski definition) is 5. The van der Waals surface area contributed by atoms with E-state index >= 15 is 0 Å². The molecule has 5 aliphatic carbocycles. The number of hydrogen-bond acceptors (Lipinski definition) is 20. The Kier molecular flexibility index (Phi) is 44.8. The maximum atomic E-state index is 14.7. The highest BCUT2D eigenvalue weighted by molar-refractivity contribution is 14.0. The Hall–Kier alpha value is -8.70. The summed E-state index contributed by atoms with van der Waals surface area (Å²) in [5.74, 6) is -0.660. The first kappa shape index (κ1) is 121. The molecule has 3 atom stereocenters. The molecule has 5 saturated heterocycles. The summed E-state index contributed by atoms with van der Waals surface area (Å²) in [6.07, 6.45) is 18.4. The molecule has 4 saturated carbocycles. The Balaban J connectivity index is 0.000000184. The lowest BCUT2D eigenvalue weighted by atomic mass is 9.72. The van der Waals surface area contributed by atoms with Crippen LogP contribution in [-0.4, -0.2) is 150 Å². The molecule has 5 aliphatic heterocycles. The minimum atomic E-state index is -0.983. The predicted octanol–water partition coefficient (Wildman–Crippen LogP) is 27.2. The van der Waals surface area contributed by atoms with Crippen molar-refractivity contribution < 1.29 is 119 Å². The SMILES string of the molecule is C.C.C.C/C(=C\c1cc(OCc2ccccc2)c(C)cc1F)C1(O)CCC2(CC1)OCCO2.C=C(C)C1(O)CCC2(CC1)OCCO2.COc1cc(F)c(Br)cc1OCc1ccccc1.Cc1cc(F)c(CC(C)C2(O)CCC3(CC2)OCCO3)cc1O.Cc1cc(F)c(CC(C)C2(O)CCC3(CC2)OCCO3)cc1OCc1ccccc1.Cc1cc(F)c(CC(C)C2=CCC3(CC2)OCCO3)cc1OCc1ccccc1.I. The van der Waals surface area contributed by atoms with E-state index in [0.717, 1.165) is 87.9 Å². The lowest BCUT2D eigenvalue weighted by Gasteiger charge is -2.43. The van der Waals surface area contributed by atoms with Crippen molar-refractivity contribution in [2.24, 2.45) is 17.8 Å². The number of halogens is 7. The first-order valence-electron chi connectivity index (χ1n) is 50.8. The van der Waals surface area contributed by atoms with Crippen molar-refractivity contribution in [1.82, 2.24) is 0 Å². The molecular weight excluding hydrogens is 2080 g/mol. The first-order valence-corrected chi connectivity index (χ1v) is 51.6. The molecule has 27 heteroatoms. The van der Waals surface area contributed by atoms with E-state index in [4.69, 9.17) is 71.1 Å². The van der Waals surface area contributed by atoms with E-state index in [1.54, 1.807) is 37.3 Å². The van der Waals surface area contributed by atoms with Crippen LogP contribution in [0.4, 0.5) is 22.0 Å². The van der Waals surface area contributed by atoms with Crippen LogP contribution in [0.1, 0.15) is 246 Å². The molecule has 5 spiro atoms. The summed E-state index contributed by atoms with van der Waals surface area (Å²) in [6.45, 7) is 29.1. The van der Waals surface area contributed by atoms with E-state index in [2.05, 4.69) is 35.5 Å². The largest absolute Gasteiger partial charge is 0.508 e. The highest BCUT2D eigenvalue weighted by Gasteiger charge is 2.52. The highest BCUT2D eigenvalue weighted by atomic mass is 127. The first-order chi connectivity index (χ1) is 68.9. The van der Waals surface area contributed by atoms with Crippen LogP contribution in [0.3, 0.4) is 0 Å². The topological polar surface area (TPSA) is 240 Å². The maximum Gasteiger partial charge on any atom is 0.172 e. The molecule has 9 aromatic rings. The van der Waals surface area contributed by atoms with E-state index in [1.165, 1.54) is 43.0 Å². The van der Waals surface area contributed by atoms with Gasteiger partial charge in [0.2, 0.25) is 0 Å². The normalized spacial score (nSPS) is 21.8. The average molecular weight is 2230 g/mol. The molecule has 0 amide bonds. The molecule has 9 aromatic carbocycles. The van der Waals surface area contributed by atoms with E-state index < -0.39 is 45.6 Å². The van der Waals surface area contributed by atoms with Gasteiger partial charge in [0, 0.05) is 81.9 Å². The third-order valence-electron chi connectivity index (χ3n) is 30.4. The van der Waals surface area contributed by atoms with Crippen LogP contribution < -0.4 is 23.7 Å². The minimum absolute atomic E-state index is 0. The molecule has 10 aliphatic rings. The number of aryl methyl sites for hydroxylation is 4. The Morgan fingerprint density at radius 3 is 1.05 bits per heavy atom. The third kappa shape index (κ3) is 32.0. The Morgan fingerprint density at radius 1 is 0.378 bits per heavy atom. The van der Waals surface area contributed by atoms with Crippen molar-refractivity contribution in [2.45, 2.75) is 304 Å². The van der Waals surface area contributed by atoms with Gasteiger partial charge in [-0.3, -0.25) is 0 Å². The second-order valence-corrected chi connectivity index (χ2v) is 41.4. The molecule has 0 bridgehead atoms. The van der Waals surface area contributed by atoms with E-state index in [0.29, 0.717) is 257 Å². The average Bonchev–Trinajstić information content (AvgIpc) is 1.50. The second kappa shape index (κ2) is 54.7. The number of methoxy groups -OCH3 is 1. The van der Waals surface area contributed by atoms with E-state index in [1.807, 2.05) is 176 Å². The fourth-order valence-corrected chi connectivity index (χ4v) is 20.9. The summed E-state index contributed by atoms with van der Waals surface area (Å²) in [6, 6.07) is 55.2. The van der Waals surface area contributed by atoms with Crippen LogP contribution in [0, 0.1) is 74.5 Å². The number of rotatable bonds is 25.